The second-order valence-corrected chi connectivity index (χ2v) is 6.87. The fraction of sp³-hybridized carbons (Fsp3) is 0.158. The fourth-order valence-corrected chi connectivity index (χ4v) is 3.07. The van der Waals surface area contributed by atoms with Gasteiger partial charge in [-0.05, 0) is 24.3 Å². The van der Waals surface area contributed by atoms with E-state index in [1.807, 2.05) is 6.92 Å². The van der Waals surface area contributed by atoms with Crippen LogP contribution in [-0.4, -0.2) is 26.8 Å². The summed E-state index contributed by atoms with van der Waals surface area (Å²) in [6.07, 6.45) is 1.67. The van der Waals surface area contributed by atoms with Crippen molar-refractivity contribution in [3.05, 3.63) is 72.7 Å². The maximum absolute atomic E-state index is 12.9. The molecule has 9 nitrogen and oxygen atoms in total. The van der Waals surface area contributed by atoms with E-state index in [1.54, 1.807) is 18.2 Å². The number of aromatic nitrogens is 2. The summed E-state index contributed by atoms with van der Waals surface area (Å²) >= 11 is 3.33. The predicted molar refractivity (Wildman–Crippen MR) is 110 cm³/mol. The second kappa shape index (κ2) is 8.31. The molecule has 0 atom stereocenters. The number of benzene rings is 2. The van der Waals surface area contributed by atoms with Gasteiger partial charge in [0.05, 0.1) is 22.0 Å². The lowest BCUT2D eigenvalue weighted by Crippen LogP contribution is -2.22. The summed E-state index contributed by atoms with van der Waals surface area (Å²) in [7, 11) is 0. The number of nitro benzene ring substituents is 1. The van der Waals surface area contributed by atoms with E-state index >= 15 is 0 Å². The van der Waals surface area contributed by atoms with E-state index < -0.39 is 10.9 Å². The van der Waals surface area contributed by atoms with Gasteiger partial charge in [0.25, 0.3) is 5.56 Å². The molecular weight excluding hydrogens is 444 g/mol. The summed E-state index contributed by atoms with van der Waals surface area (Å²) in [6, 6.07) is 9.31. The molecule has 29 heavy (non-hydrogen) atoms. The van der Waals surface area contributed by atoms with E-state index in [9.17, 15) is 19.7 Å². The van der Waals surface area contributed by atoms with Gasteiger partial charge in [-0.3, -0.25) is 19.7 Å². The zero-order valence-corrected chi connectivity index (χ0v) is 17.0. The van der Waals surface area contributed by atoms with Crippen molar-refractivity contribution >= 4 is 44.7 Å². The highest BCUT2D eigenvalue weighted by Crippen LogP contribution is 2.30. The summed E-state index contributed by atoms with van der Waals surface area (Å²) in [5.74, 6) is -0.533. The molecule has 0 saturated heterocycles. The van der Waals surface area contributed by atoms with Gasteiger partial charge in [0.15, 0.2) is 0 Å². The number of aryl methyl sites for hydroxylation is 1. The van der Waals surface area contributed by atoms with Gasteiger partial charge in [-0.15, -0.1) is 0 Å². The van der Waals surface area contributed by atoms with Crippen LogP contribution < -0.4 is 10.3 Å². The zero-order valence-electron chi connectivity index (χ0n) is 15.5. The molecule has 0 saturated carbocycles. The molecule has 0 unspecified atom stereocenters. The minimum atomic E-state index is -0.711. The van der Waals surface area contributed by atoms with Gasteiger partial charge in [0.2, 0.25) is 5.75 Å². The van der Waals surface area contributed by atoms with E-state index in [2.05, 4.69) is 26.0 Å². The molecule has 3 rings (SSSR count). The average molecular weight is 459 g/mol. The molecule has 0 N–H and O–H groups in total. The number of halogens is 1. The summed E-state index contributed by atoms with van der Waals surface area (Å²) < 4.78 is 6.87. The Morgan fingerprint density at radius 3 is 2.79 bits per heavy atom. The first-order valence-corrected chi connectivity index (χ1v) is 9.32. The Labute approximate surface area is 172 Å². The Morgan fingerprint density at radius 1 is 1.38 bits per heavy atom. The van der Waals surface area contributed by atoms with Crippen molar-refractivity contribution in [2.45, 2.75) is 20.3 Å². The number of ether oxygens (including phenoxy) is 1. The quantitative estimate of drug-likeness (QED) is 0.190. The molecule has 0 aliphatic carbocycles. The first-order valence-electron chi connectivity index (χ1n) is 8.53. The molecule has 0 spiro atoms. The van der Waals surface area contributed by atoms with Crippen LogP contribution in [-0.2, 0) is 11.2 Å². The van der Waals surface area contributed by atoms with Crippen molar-refractivity contribution < 1.29 is 14.5 Å². The van der Waals surface area contributed by atoms with Crippen molar-refractivity contribution in [1.29, 1.82) is 0 Å². The van der Waals surface area contributed by atoms with Crippen molar-refractivity contribution in [2.24, 2.45) is 5.10 Å². The third-order valence-corrected chi connectivity index (χ3v) is 4.46. The Morgan fingerprint density at radius 2 is 2.14 bits per heavy atom. The largest absolute Gasteiger partial charge is 0.419 e. The molecule has 0 fully saturated rings. The van der Waals surface area contributed by atoms with Gasteiger partial charge in [-0.25, -0.2) is 4.98 Å². The van der Waals surface area contributed by atoms with E-state index in [-0.39, 0.29) is 22.6 Å². The van der Waals surface area contributed by atoms with Gasteiger partial charge < -0.3 is 4.74 Å². The Hall–Kier alpha value is -3.40. The Balaban J connectivity index is 2.18. The van der Waals surface area contributed by atoms with Crippen LogP contribution in [0.2, 0.25) is 0 Å². The minimum Gasteiger partial charge on any atom is -0.419 e. The standard InChI is InChI=1S/C19H15BrN4O5/c1-3-17-22-15-8-7-13(20)9-14(15)19(26)23(17)21-10-12-5-4-6-16(24(27)28)18(12)29-11(2)25/h4-10H,3H2,1-2H3. The Kier molecular flexibility index (Phi) is 5.83. The van der Waals surface area contributed by atoms with E-state index in [0.29, 0.717) is 23.1 Å². The van der Waals surface area contributed by atoms with Crippen LogP contribution in [0.3, 0.4) is 0 Å². The van der Waals surface area contributed by atoms with Crippen molar-refractivity contribution in [3.8, 4) is 5.75 Å². The number of fused-ring (bicyclic) bond motifs is 1. The number of nitro groups is 1. The summed E-state index contributed by atoms with van der Waals surface area (Å²) in [5.41, 5.74) is -0.0493. The monoisotopic (exact) mass is 458 g/mol. The van der Waals surface area contributed by atoms with Crippen LogP contribution in [0, 0.1) is 10.1 Å². The maximum Gasteiger partial charge on any atom is 0.312 e. The van der Waals surface area contributed by atoms with Gasteiger partial charge >= 0.3 is 11.7 Å². The topological polar surface area (TPSA) is 117 Å². The molecule has 1 aromatic heterocycles. The third-order valence-electron chi connectivity index (χ3n) is 3.97. The van der Waals surface area contributed by atoms with Crippen molar-refractivity contribution in [3.63, 3.8) is 0 Å². The number of para-hydroxylation sites is 1. The highest BCUT2D eigenvalue weighted by Gasteiger charge is 2.20. The molecule has 3 aromatic rings. The number of carbonyl (C=O) groups excluding carboxylic acids is 1. The predicted octanol–water partition coefficient (Wildman–Crippen LogP) is 3.44. The summed E-state index contributed by atoms with van der Waals surface area (Å²) in [5, 5.41) is 15.8. The fourth-order valence-electron chi connectivity index (χ4n) is 2.71. The molecule has 2 aromatic carbocycles. The number of esters is 1. The second-order valence-electron chi connectivity index (χ2n) is 5.95. The molecule has 0 radical (unpaired) electrons. The summed E-state index contributed by atoms with van der Waals surface area (Å²) in [4.78, 5) is 39.4. The van der Waals surface area contributed by atoms with E-state index in [0.717, 1.165) is 16.1 Å². The number of hydrogen-bond acceptors (Lipinski definition) is 7. The summed E-state index contributed by atoms with van der Waals surface area (Å²) in [6.45, 7) is 2.97. The van der Waals surface area contributed by atoms with Crippen LogP contribution in [0.25, 0.3) is 10.9 Å². The lowest BCUT2D eigenvalue weighted by Gasteiger charge is -2.09. The first kappa shape index (κ1) is 20.3. The van der Waals surface area contributed by atoms with Crippen molar-refractivity contribution in [1.82, 2.24) is 9.66 Å². The molecule has 148 valence electrons. The van der Waals surface area contributed by atoms with Gasteiger partial charge in [0.1, 0.15) is 5.82 Å². The Bertz CT molecular complexity index is 1220. The van der Waals surface area contributed by atoms with E-state index in [4.69, 9.17) is 4.74 Å². The van der Waals surface area contributed by atoms with Crippen LogP contribution in [0.5, 0.6) is 5.75 Å². The third kappa shape index (κ3) is 4.21. The van der Waals surface area contributed by atoms with Crippen LogP contribution >= 0.6 is 15.9 Å². The van der Waals surface area contributed by atoms with Crippen LogP contribution in [0.4, 0.5) is 5.69 Å². The normalized spacial score (nSPS) is 11.1. The van der Waals surface area contributed by atoms with Gasteiger partial charge in [-0.1, -0.05) is 28.9 Å². The lowest BCUT2D eigenvalue weighted by atomic mass is 10.2. The molecule has 0 bridgehead atoms. The minimum absolute atomic E-state index is 0.178. The zero-order chi connectivity index (χ0) is 21.1. The van der Waals surface area contributed by atoms with Gasteiger partial charge in [0, 0.05) is 29.4 Å². The van der Waals surface area contributed by atoms with Crippen LogP contribution in [0.15, 0.2) is 50.8 Å². The van der Waals surface area contributed by atoms with Gasteiger partial charge in [-0.2, -0.15) is 9.78 Å². The van der Waals surface area contributed by atoms with Crippen molar-refractivity contribution in [2.75, 3.05) is 0 Å². The molecule has 0 amide bonds. The smallest absolute Gasteiger partial charge is 0.312 e. The first-order chi connectivity index (χ1) is 13.8. The molecular formula is C19H15BrN4O5. The number of hydrogen-bond donors (Lipinski definition) is 0. The molecule has 1 heterocycles. The number of rotatable bonds is 5. The molecule has 10 heteroatoms. The highest BCUT2D eigenvalue weighted by molar-refractivity contribution is 9.10. The number of nitrogens with zero attached hydrogens (tertiary/aromatic N) is 4. The highest BCUT2D eigenvalue weighted by atomic mass is 79.9. The molecule has 0 aliphatic heterocycles. The SMILES string of the molecule is CCc1nc2ccc(Br)cc2c(=O)n1N=Cc1cccc([N+](=O)[O-])c1OC(C)=O. The van der Waals surface area contributed by atoms with Crippen LogP contribution in [0.1, 0.15) is 25.2 Å². The number of carbonyl (C=O) groups is 1. The molecule has 0 aliphatic rings. The average Bonchev–Trinajstić information content (AvgIpc) is 2.67. The van der Waals surface area contributed by atoms with E-state index in [1.165, 1.54) is 24.4 Å². The maximum atomic E-state index is 12.9. The lowest BCUT2D eigenvalue weighted by molar-refractivity contribution is -0.385.